The van der Waals surface area contributed by atoms with E-state index in [1.807, 2.05) is 31.2 Å². The smallest absolute Gasteiger partial charge is 0.321 e. The van der Waals surface area contributed by atoms with Crippen molar-refractivity contribution >= 4 is 17.4 Å². The highest BCUT2D eigenvalue weighted by atomic mass is 16.3. The van der Waals surface area contributed by atoms with Crippen LogP contribution in [0.4, 0.5) is 16.2 Å². The maximum absolute atomic E-state index is 12.6. The van der Waals surface area contributed by atoms with E-state index >= 15 is 0 Å². The van der Waals surface area contributed by atoms with Crippen LogP contribution in [0.1, 0.15) is 20.8 Å². The Labute approximate surface area is 145 Å². The van der Waals surface area contributed by atoms with Crippen molar-refractivity contribution in [3.63, 3.8) is 0 Å². The van der Waals surface area contributed by atoms with Gasteiger partial charge in [0.1, 0.15) is 0 Å². The second kappa shape index (κ2) is 7.85. The first kappa shape index (κ1) is 18.5. The number of rotatable bonds is 5. The van der Waals surface area contributed by atoms with Gasteiger partial charge in [-0.3, -0.25) is 0 Å². The maximum atomic E-state index is 12.6. The van der Waals surface area contributed by atoms with Crippen molar-refractivity contribution in [2.45, 2.75) is 26.4 Å². The summed E-state index contributed by atoms with van der Waals surface area (Å²) in [5.74, 6) is 0. The Morgan fingerprint density at radius 2 is 1.88 bits per heavy atom. The molecular formula is C18H30N4O2. The Kier molecular flexibility index (Phi) is 6.07. The summed E-state index contributed by atoms with van der Waals surface area (Å²) in [6, 6.07) is 7.73. The van der Waals surface area contributed by atoms with E-state index in [1.54, 1.807) is 18.7 Å². The number of amides is 2. The zero-order valence-corrected chi connectivity index (χ0v) is 15.2. The molecule has 24 heavy (non-hydrogen) atoms. The van der Waals surface area contributed by atoms with Crippen LogP contribution in [0, 0.1) is 0 Å². The fraction of sp³-hybridized carbons (Fsp3) is 0.611. The maximum Gasteiger partial charge on any atom is 0.321 e. The van der Waals surface area contributed by atoms with E-state index < -0.39 is 5.60 Å². The van der Waals surface area contributed by atoms with Crippen LogP contribution < -0.4 is 10.2 Å². The molecule has 1 heterocycles. The van der Waals surface area contributed by atoms with Crippen LogP contribution in [0.15, 0.2) is 24.3 Å². The number of anilines is 2. The van der Waals surface area contributed by atoms with Crippen molar-refractivity contribution in [3.05, 3.63) is 24.3 Å². The number of piperazine rings is 1. The lowest BCUT2D eigenvalue weighted by Crippen LogP contribution is -2.45. The predicted molar refractivity (Wildman–Crippen MR) is 98.7 cm³/mol. The molecule has 1 aromatic rings. The molecule has 1 saturated heterocycles. The molecule has 2 rings (SSSR count). The first-order valence-electron chi connectivity index (χ1n) is 8.61. The number of urea groups is 1. The van der Waals surface area contributed by atoms with E-state index in [4.69, 9.17) is 0 Å². The summed E-state index contributed by atoms with van der Waals surface area (Å²) >= 11 is 0. The summed E-state index contributed by atoms with van der Waals surface area (Å²) in [5.41, 5.74) is 0.962. The summed E-state index contributed by atoms with van der Waals surface area (Å²) in [5, 5.41) is 13.0. The van der Waals surface area contributed by atoms with E-state index in [1.165, 1.54) is 0 Å². The van der Waals surface area contributed by atoms with E-state index in [0.29, 0.717) is 13.1 Å². The molecule has 134 valence electrons. The highest BCUT2D eigenvalue weighted by Crippen LogP contribution is 2.27. The highest BCUT2D eigenvalue weighted by Gasteiger charge is 2.23. The molecule has 0 unspecified atom stereocenters. The molecule has 0 bridgehead atoms. The van der Waals surface area contributed by atoms with Gasteiger partial charge in [-0.25, -0.2) is 4.79 Å². The molecule has 0 aliphatic carbocycles. The molecule has 1 fully saturated rings. The number of hydrogen-bond donors (Lipinski definition) is 2. The average Bonchev–Trinajstić information content (AvgIpc) is 2.53. The molecule has 2 N–H and O–H groups in total. The lowest BCUT2D eigenvalue weighted by Gasteiger charge is -2.35. The van der Waals surface area contributed by atoms with Crippen LogP contribution in [0.2, 0.25) is 0 Å². The lowest BCUT2D eigenvalue weighted by molar-refractivity contribution is 0.0501. The summed E-state index contributed by atoms with van der Waals surface area (Å²) in [4.78, 5) is 18.8. The van der Waals surface area contributed by atoms with Crippen LogP contribution in [-0.2, 0) is 0 Å². The normalized spacial score (nSPS) is 16.1. The van der Waals surface area contributed by atoms with Gasteiger partial charge in [0.25, 0.3) is 0 Å². The van der Waals surface area contributed by atoms with Gasteiger partial charge >= 0.3 is 6.03 Å². The second-order valence-corrected chi connectivity index (χ2v) is 7.06. The van der Waals surface area contributed by atoms with Crippen molar-refractivity contribution in [3.8, 4) is 0 Å². The minimum Gasteiger partial charge on any atom is -0.389 e. The minimum atomic E-state index is -0.912. The number of likely N-dealkylation sites (N-methyl/N-ethyl adjacent to an activating group) is 2. The number of carbonyl (C=O) groups is 1. The van der Waals surface area contributed by atoms with Gasteiger partial charge in [-0.05, 0) is 40.0 Å². The van der Waals surface area contributed by atoms with Crippen molar-refractivity contribution in [2.24, 2.45) is 0 Å². The molecular weight excluding hydrogens is 304 g/mol. The molecule has 0 spiro atoms. The number of nitrogens with one attached hydrogen (secondary N) is 1. The van der Waals surface area contributed by atoms with Crippen LogP contribution >= 0.6 is 0 Å². The standard InChI is InChI=1S/C18H30N4O2/c1-5-21(14-18(2,3)24)17(23)19-15-8-6-7-9-16(15)22-12-10-20(4)11-13-22/h6-9,24H,5,10-14H2,1-4H3,(H,19,23). The second-order valence-electron chi connectivity index (χ2n) is 7.06. The van der Waals surface area contributed by atoms with Crippen molar-refractivity contribution in [1.82, 2.24) is 9.80 Å². The lowest BCUT2D eigenvalue weighted by atomic mass is 10.1. The average molecular weight is 334 g/mol. The summed E-state index contributed by atoms with van der Waals surface area (Å²) in [6.07, 6.45) is 0. The fourth-order valence-electron chi connectivity index (χ4n) is 2.89. The summed E-state index contributed by atoms with van der Waals surface area (Å²) in [7, 11) is 2.13. The molecule has 0 atom stereocenters. The Hall–Kier alpha value is -1.79. The van der Waals surface area contributed by atoms with Gasteiger partial charge in [0.05, 0.1) is 23.5 Å². The Bertz CT molecular complexity index is 548. The largest absolute Gasteiger partial charge is 0.389 e. The van der Waals surface area contributed by atoms with Gasteiger partial charge in [-0.1, -0.05) is 12.1 Å². The number of nitrogens with zero attached hydrogens (tertiary/aromatic N) is 3. The monoisotopic (exact) mass is 334 g/mol. The number of para-hydroxylation sites is 2. The molecule has 0 saturated carbocycles. The molecule has 2 amide bonds. The summed E-state index contributed by atoms with van der Waals surface area (Å²) < 4.78 is 0. The van der Waals surface area contributed by atoms with Crippen LogP contribution in [0.5, 0.6) is 0 Å². The Morgan fingerprint density at radius 3 is 2.46 bits per heavy atom. The van der Waals surface area contributed by atoms with E-state index in [0.717, 1.165) is 37.6 Å². The van der Waals surface area contributed by atoms with Crippen LogP contribution in [-0.4, -0.2) is 72.9 Å². The predicted octanol–water partition coefficient (Wildman–Crippen LogP) is 2.06. The zero-order valence-electron chi connectivity index (χ0n) is 15.2. The number of aliphatic hydroxyl groups is 1. The summed E-state index contributed by atoms with van der Waals surface area (Å²) in [6.45, 7) is 10.1. The van der Waals surface area contributed by atoms with Gasteiger partial charge in [0.2, 0.25) is 0 Å². The molecule has 1 aliphatic heterocycles. The van der Waals surface area contributed by atoms with Crippen molar-refractivity contribution in [2.75, 3.05) is 56.5 Å². The first-order valence-corrected chi connectivity index (χ1v) is 8.61. The van der Waals surface area contributed by atoms with E-state index in [-0.39, 0.29) is 6.03 Å². The Balaban J connectivity index is 2.10. The SMILES string of the molecule is CCN(CC(C)(C)O)C(=O)Nc1ccccc1N1CCN(C)CC1. The molecule has 0 aromatic heterocycles. The van der Waals surface area contributed by atoms with E-state index in [9.17, 15) is 9.90 Å². The highest BCUT2D eigenvalue weighted by molar-refractivity contribution is 5.93. The number of hydrogen-bond acceptors (Lipinski definition) is 4. The fourth-order valence-corrected chi connectivity index (χ4v) is 2.89. The van der Waals surface area contributed by atoms with Gasteiger partial charge in [-0.15, -0.1) is 0 Å². The topological polar surface area (TPSA) is 59.1 Å². The quantitative estimate of drug-likeness (QED) is 0.865. The van der Waals surface area contributed by atoms with Crippen LogP contribution in [0.25, 0.3) is 0 Å². The third-order valence-electron chi connectivity index (χ3n) is 4.24. The van der Waals surface area contributed by atoms with E-state index in [2.05, 4.69) is 22.2 Å². The number of carbonyl (C=O) groups excluding carboxylic acids is 1. The van der Waals surface area contributed by atoms with Gasteiger partial charge in [0.15, 0.2) is 0 Å². The number of benzene rings is 1. The first-order chi connectivity index (χ1) is 11.3. The third-order valence-corrected chi connectivity index (χ3v) is 4.24. The van der Waals surface area contributed by atoms with Gasteiger partial charge < -0.3 is 25.1 Å². The van der Waals surface area contributed by atoms with Gasteiger partial charge in [-0.2, -0.15) is 0 Å². The molecule has 0 radical (unpaired) electrons. The molecule has 6 heteroatoms. The van der Waals surface area contributed by atoms with Crippen molar-refractivity contribution in [1.29, 1.82) is 0 Å². The van der Waals surface area contributed by atoms with Gasteiger partial charge in [0, 0.05) is 32.7 Å². The molecule has 6 nitrogen and oxygen atoms in total. The molecule has 1 aromatic carbocycles. The minimum absolute atomic E-state index is 0.179. The third kappa shape index (κ3) is 5.11. The van der Waals surface area contributed by atoms with Crippen LogP contribution in [0.3, 0.4) is 0 Å². The zero-order chi connectivity index (χ0) is 17.7. The molecule has 1 aliphatic rings. The van der Waals surface area contributed by atoms with Crippen molar-refractivity contribution < 1.29 is 9.90 Å². The Morgan fingerprint density at radius 1 is 1.25 bits per heavy atom.